The second-order valence-corrected chi connectivity index (χ2v) is 15.2. The van der Waals surface area contributed by atoms with Crippen molar-refractivity contribution in [2.45, 2.75) is 5.41 Å². The third-order valence-corrected chi connectivity index (χ3v) is 12.7. The maximum absolute atomic E-state index is 2.51. The SMILES string of the molecule is c1ccc2c(c1)-c1ccccc1C21c2cc(-n3c4ccccc4c4ccccc43)ccc2-c2ccc3cc(-n4c5ccccc5c5ccccc54)ccc3c21. The quantitative estimate of drug-likeness (QED) is 0.170. The first-order chi connectivity index (χ1) is 27.3. The molecule has 0 atom stereocenters. The highest BCUT2D eigenvalue weighted by molar-refractivity contribution is 6.11. The van der Waals surface area contributed by atoms with Crippen LogP contribution in [-0.4, -0.2) is 9.13 Å². The third-order valence-electron chi connectivity index (χ3n) is 12.7. The number of hydrogen-bond acceptors (Lipinski definition) is 0. The van der Waals surface area contributed by atoms with Gasteiger partial charge < -0.3 is 9.13 Å². The zero-order valence-corrected chi connectivity index (χ0v) is 29.9. The lowest BCUT2D eigenvalue weighted by Crippen LogP contribution is -2.26. The number of fused-ring (bicyclic) bond motifs is 18. The van der Waals surface area contributed by atoms with Crippen molar-refractivity contribution < 1.29 is 0 Å². The van der Waals surface area contributed by atoms with Crippen LogP contribution in [0.3, 0.4) is 0 Å². The summed E-state index contributed by atoms with van der Waals surface area (Å²) >= 11 is 0. The average molecular weight is 697 g/mol. The van der Waals surface area contributed by atoms with Crippen LogP contribution < -0.4 is 0 Å². The van der Waals surface area contributed by atoms with Crippen LogP contribution in [0.1, 0.15) is 22.3 Å². The van der Waals surface area contributed by atoms with Gasteiger partial charge in [-0.1, -0.05) is 146 Å². The number of hydrogen-bond donors (Lipinski definition) is 0. The summed E-state index contributed by atoms with van der Waals surface area (Å²) in [5.74, 6) is 0. The van der Waals surface area contributed by atoms with Crippen LogP contribution >= 0.6 is 0 Å². The number of para-hydroxylation sites is 4. The Balaban J connectivity index is 1.12. The van der Waals surface area contributed by atoms with Gasteiger partial charge in [-0.15, -0.1) is 0 Å². The van der Waals surface area contributed by atoms with Crippen molar-refractivity contribution in [3.8, 4) is 33.6 Å². The molecule has 1 spiro atoms. The van der Waals surface area contributed by atoms with E-state index < -0.39 is 5.41 Å². The molecule has 13 rings (SSSR count). The van der Waals surface area contributed by atoms with Crippen molar-refractivity contribution in [1.82, 2.24) is 9.13 Å². The minimum Gasteiger partial charge on any atom is -0.309 e. The van der Waals surface area contributed by atoms with Crippen molar-refractivity contribution in [1.29, 1.82) is 0 Å². The molecule has 0 saturated carbocycles. The molecule has 2 aliphatic carbocycles. The van der Waals surface area contributed by atoms with Gasteiger partial charge in [0.2, 0.25) is 0 Å². The minimum absolute atomic E-state index is 0.486. The van der Waals surface area contributed by atoms with Gasteiger partial charge in [-0.25, -0.2) is 0 Å². The summed E-state index contributed by atoms with van der Waals surface area (Å²) in [5.41, 5.74) is 17.5. The standard InChI is InChI=1S/C53H32N2/c1-7-19-45-37(13-1)38-14-2-8-20-46(38)53(45)47-32-35(55-50-23-11-5-17-42(50)43-18-6-12-24-51(43)55)27-30-39(47)44-28-25-33-31-34(26-29-36(33)52(44)53)54-48-21-9-3-15-40(48)41-16-4-10-22-49(41)54/h1-32H. The first-order valence-corrected chi connectivity index (χ1v) is 19.2. The Labute approximate surface area is 317 Å². The highest BCUT2D eigenvalue weighted by Crippen LogP contribution is 2.64. The van der Waals surface area contributed by atoms with E-state index in [2.05, 4.69) is 203 Å². The molecule has 11 aromatic rings. The lowest BCUT2D eigenvalue weighted by atomic mass is 9.69. The van der Waals surface area contributed by atoms with Gasteiger partial charge >= 0.3 is 0 Å². The van der Waals surface area contributed by atoms with Gasteiger partial charge in [-0.2, -0.15) is 0 Å². The van der Waals surface area contributed by atoms with E-state index in [0.29, 0.717) is 0 Å². The molecule has 2 heterocycles. The van der Waals surface area contributed by atoms with Crippen LogP contribution in [0, 0.1) is 0 Å². The van der Waals surface area contributed by atoms with Crippen LogP contribution in [-0.2, 0) is 5.41 Å². The molecule has 2 heteroatoms. The van der Waals surface area contributed by atoms with Crippen molar-refractivity contribution in [2.75, 3.05) is 0 Å². The molecule has 0 saturated heterocycles. The zero-order valence-electron chi connectivity index (χ0n) is 29.9. The predicted octanol–water partition coefficient (Wildman–Crippen LogP) is 13.4. The summed E-state index contributed by atoms with van der Waals surface area (Å²) in [4.78, 5) is 0. The molecule has 2 nitrogen and oxygen atoms in total. The van der Waals surface area contributed by atoms with Crippen LogP contribution in [0.2, 0.25) is 0 Å². The summed E-state index contributed by atoms with van der Waals surface area (Å²) < 4.78 is 4.89. The second-order valence-electron chi connectivity index (χ2n) is 15.2. The number of nitrogens with zero attached hydrogens (tertiary/aromatic N) is 2. The molecule has 2 aromatic heterocycles. The summed E-state index contributed by atoms with van der Waals surface area (Å²) in [6.45, 7) is 0. The average Bonchev–Trinajstić information content (AvgIpc) is 3.95. The largest absolute Gasteiger partial charge is 0.309 e. The molecule has 0 fully saturated rings. The van der Waals surface area contributed by atoms with Gasteiger partial charge in [-0.05, 0) is 104 Å². The highest BCUT2D eigenvalue weighted by atomic mass is 15.0. The van der Waals surface area contributed by atoms with Crippen LogP contribution in [0.5, 0.6) is 0 Å². The third kappa shape index (κ3) is 3.60. The smallest absolute Gasteiger partial charge is 0.0732 e. The molecule has 0 N–H and O–H groups in total. The molecular weight excluding hydrogens is 665 g/mol. The summed E-state index contributed by atoms with van der Waals surface area (Å²) in [6.07, 6.45) is 0. The normalized spacial score (nSPS) is 13.6. The van der Waals surface area contributed by atoms with Crippen molar-refractivity contribution in [3.05, 3.63) is 216 Å². The number of aromatic nitrogens is 2. The van der Waals surface area contributed by atoms with Crippen molar-refractivity contribution >= 4 is 54.4 Å². The Kier molecular flexibility index (Phi) is 5.59. The van der Waals surface area contributed by atoms with Crippen LogP contribution in [0.4, 0.5) is 0 Å². The second kappa shape index (κ2) is 10.5. The van der Waals surface area contributed by atoms with Gasteiger partial charge in [0, 0.05) is 32.9 Å². The van der Waals surface area contributed by atoms with E-state index in [0.717, 1.165) is 0 Å². The molecule has 0 unspecified atom stereocenters. The molecule has 0 aliphatic heterocycles. The summed E-state index contributed by atoms with van der Waals surface area (Å²) in [6, 6.07) is 72.6. The fraction of sp³-hybridized carbons (Fsp3) is 0.0189. The lowest BCUT2D eigenvalue weighted by molar-refractivity contribution is 0.800. The Morgan fingerprint density at radius 2 is 0.709 bits per heavy atom. The van der Waals surface area contributed by atoms with Gasteiger partial charge in [-0.3, -0.25) is 0 Å². The first-order valence-electron chi connectivity index (χ1n) is 19.2. The van der Waals surface area contributed by atoms with E-state index >= 15 is 0 Å². The van der Waals surface area contributed by atoms with Crippen molar-refractivity contribution in [3.63, 3.8) is 0 Å². The fourth-order valence-electron chi connectivity index (χ4n) is 10.6. The molecule has 254 valence electrons. The monoisotopic (exact) mass is 696 g/mol. The Hall–Kier alpha value is -7.16. The molecule has 2 aliphatic rings. The van der Waals surface area contributed by atoms with E-state index in [-0.39, 0.29) is 0 Å². The number of rotatable bonds is 2. The molecule has 0 radical (unpaired) electrons. The molecule has 55 heavy (non-hydrogen) atoms. The summed E-state index contributed by atoms with van der Waals surface area (Å²) in [7, 11) is 0. The predicted molar refractivity (Wildman–Crippen MR) is 229 cm³/mol. The molecule has 0 amide bonds. The van der Waals surface area contributed by atoms with E-state index in [1.807, 2.05) is 0 Å². The van der Waals surface area contributed by atoms with E-state index in [4.69, 9.17) is 0 Å². The Morgan fingerprint density at radius 3 is 1.25 bits per heavy atom. The lowest BCUT2D eigenvalue weighted by Gasteiger charge is -2.32. The van der Waals surface area contributed by atoms with Gasteiger partial charge in [0.1, 0.15) is 0 Å². The van der Waals surface area contributed by atoms with Gasteiger partial charge in [0.15, 0.2) is 0 Å². The number of benzene rings is 9. The Morgan fingerprint density at radius 1 is 0.291 bits per heavy atom. The van der Waals surface area contributed by atoms with E-state index in [9.17, 15) is 0 Å². The fourth-order valence-corrected chi connectivity index (χ4v) is 10.6. The van der Waals surface area contributed by atoms with E-state index in [1.54, 1.807) is 0 Å². The zero-order chi connectivity index (χ0) is 35.8. The highest BCUT2D eigenvalue weighted by Gasteiger charge is 2.52. The Bertz CT molecular complexity index is 3290. The molecule has 0 bridgehead atoms. The van der Waals surface area contributed by atoms with Crippen LogP contribution in [0.15, 0.2) is 194 Å². The maximum atomic E-state index is 2.51. The molecular formula is C53H32N2. The topological polar surface area (TPSA) is 9.86 Å². The molecule has 9 aromatic carbocycles. The van der Waals surface area contributed by atoms with Crippen molar-refractivity contribution in [2.24, 2.45) is 0 Å². The van der Waals surface area contributed by atoms with Gasteiger partial charge in [0.25, 0.3) is 0 Å². The van der Waals surface area contributed by atoms with Gasteiger partial charge in [0.05, 0.1) is 27.5 Å². The summed E-state index contributed by atoms with van der Waals surface area (Å²) in [5, 5.41) is 7.65. The van der Waals surface area contributed by atoms with Crippen LogP contribution in [0.25, 0.3) is 88.0 Å². The maximum Gasteiger partial charge on any atom is 0.0732 e. The minimum atomic E-state index is -0.486. The van der Waals surface area contributed by atoms with E-state index in [1.165, 1.54) is 110 Å². The first kappa shape index (κ1) is 29.3.